The molecule has 0 aromatic heterocycles. The second-order valence-corrected chi connectivity index (χ2v) is 5.75. The predicted octanol–water partition coefficient (Wildman–Crippen LogP) is -1.76. The quantitative estimate of drug-likeness (QED) is 0.341. The van der Waals surface area contributed by atoms with Gasteiger partial charge in [-0.3, -0.25) is 23.8 Å². The highest BCUT2D eigenvalue weighted by molar-refractivity contribution is 7.85. The number of hydrogen-bond donors (Lipinski definition) is 4. The molecule has 0 aliphatic carbocycles. The summed E-state index contributed by atoms with van der Waals surface area (Å²) in [4.78, 5) is 34.2. The zero-order valence-electron chi connectivity index (χ0n) is 11.4. The maximum atomic E-state index is 11.8. The number of carbonyl (C=O) groups is 3. The number of nitrogens with zero attached hydrogens (tertiary/aromatic N) is 1. The highest BCUT2D eigenvalue weighted by Crippen LogP contribution is 2.07. The third-order valence-electron chi connectivity index (χ3n) is 2.42. The molecule has 0 aromatic rings. The highest BCUT2D eigenvalue weighted by Gasteiger charge is 2.30. The van der Waals surface area contributed by atoms with Crippen LogP contribution in [0.5, 0.6) is 0 Å². The molecular formula is C10H18N2O8S. The number of likely N-dealkylation sites (N-methyl/N-ethyl adjacent to an activating group) is 1. The molecule has 0 saturated heterocycles. The lowest BCUT2D eigenvalue weighted by atomic mass is 10.1. The van der Waals surface area contributed by atoms with Crippen molar-refractivity contribution in [1.82, 2.24) is 10.2 Å². The van der Waals surface area contributed by atoms with Gasteiger partial charge >= 0.3 is 11.9 Å². The minimum absolute atomic E-state index is 0.204. The molecule has 4 N–H and O–H groups in total. The van der Waals surface area contributed by atoms with Gasteiger partial charge in [0.15, 0.2) is 0 Å². The van der Waals surface area contributed by atoms with Crippen LogP contribution in [-0.4, -0.2) is 77.4 Å². The van der Waals surface area contributed by atoms with Crippen LogP contribution in [0.3, 0.4) is 0 Å². The predicted molar refractivity (Wildman–Crippen MR) is 70.3 cm³/mol. The van der Waals surface area contributed by atoms with E-state index >= 15 is 0 Å². The van der Waals surface area contributed by atoms with Crippen molar-refractivity contribution < 1.29 is 37.6 Å². The van der Waals surface area contributed by atoms with Crippen LogP contribution in [0.2, 0.25) is 0 Å². The molecule has 10 nitrogen and oxygen atoms in total. The number of carboxylic acid groups (broad SMARTS) is 2. The minimum Gasteiger partial charge on any atom is -0.480 e. The lowest BCUT2D eigenvalue weighted by Crippen LogP contribution is -2.51. The molecule has 0 radical (unpaired) electrons. The maximum absolute atomic E-state index is 11.8. The number of amides is 1. The summed E-state index contributed by atoms with van der Waals surface area (Å²) in [6.45, 7) is 0.296. The molecule has 0 aromatic carbocycles. The molecule has 122 valence electrons. The van der Waals surface area contributed by atoms with Crippen molar-refractivity contribution in [3.63, 3.8) is 0 Å². The largest absolute Gasteiger partial charge is 0.480 e. The van der Waals surface area contributed by atoms with Crippen molar-refractivity contribution in [3.8, 4) is 0 Å². The fourth-order valence-electron chi connectivity index (χ4n) is 1.66. The zero-order chi connectivity index (χ0) is 16.6. The van der Waals surface area contributed by atoms with Crippen molar-refractivity contribution in [2.75, 3.05) is 25.4 Å². The van der Waals surface area contributed by atoms with Crippen molar-refractivity contribution in [1.29, 1.82) is 0 Å². The Morgan fingerprint density at radius 3 is 1.95 bits per heavy atom. The zero-order valence-corrected chi connectivity index (χ0v) is 12.2. The highest BCUT2D eigenvalue weighted by atomic mass is 32.2. The van der Waals surface area contributed by atoms with E-state index in [1.54, 1.807) is 6.92 Å². The first-order chi connectivity index (χ1) is 9.56. The van der Waals surface area contributed by atoms with E-state index in [4.69, 9.17) is 14.8 Å². The van der Waals surface area contributed by atoms with Gasteiger partial charge in [0, 0.05) is 6.54 Å². The van der Waals surface area contributed by atoms with Gasteiger partial charge < -0.3 is 15.5 Å². The Kier molecular flexibility index (Phi) is 7.84. The van der Waals surface area contributed by atoms with E-state index in [0.29, 0.717) is 0 Å². The summed E-state index contributed by atoms with van der Waals surface area (Å²) in [6.07, 6.45) is -0.425. The molecule has 0 saturated carbocycles. The van der Waals surface area contributed by atoms with E-state index in [2.05, 4.69) is 5.32 Å². The molecule has 1 atom stereocenters. The van der Waals surface area contributed by atoms with Crippen molar-refractivity contribution in [2.24, 2.45) is 0 Å². The van der Waals surface area contributed by atoms with Gasteiger partial charge in [-0.1, -0.05) is 0 Å². The summed E-state index contributed by atoms with van der Waals surface area (Å²) in [6, 6.07) is -1.29. The lowest BCUT2D eigenvalue weighted by Gasteiger charge is -2.27. The number of nitrogens with one attached hydrogen (secondary N) is 1. The van der Waals surface area contributed by atoms with Gasteiger partial charge in [-0.2, -0.15) is 8.42 Å². The molecule has 0 aliphatic heterocycles. The topological polar surface area (TPSA) is 161 Å². The minimum atomic E-state index is -4.36. The van der Waals surface area contributed by atoms with Gasteiger partial charge in [0.25, 0.3) is 10.1 Å². The normalized spacial score (nSPS) is 12.9. The van der Waals surface area contributed by atoms with Gasteiger partial charge in [-0.15, -0.1) is 0 Å². The van der Waals surface area contributed by atoms with Crippen molar-refractivity contribution in [3.05, 3.63) is 0 Å². The Morgan fingerprint density at radius 1 is 1.14 bits per heavy atom. The standard InChI is InChI=1S/C10H18N2O8S/c1-2-11-10(17)7(3-4-21(18,19)20)12(5-8(13)14)6-9(15)16/h7H,2-6H2,1H3,(H,11,17)(H,13,14)(H,15,16)(H,18,19,20). The second kappa shape index (κ2) is 8.54. The smallest absolute Gasteiger partial charge is 0.317 e. The van der Waals surface area contributed by atoms with E-state index in [1.165, 1.54) is 0 Å². The molecule has 0 aliphatic rings. The molecule has 0 bridgehead atoms. The molecule has 1 unspecified atom stereocenters. The molecule has 0 heterocycles. The number of aliphatic carboxylic acids is 2. The van der Waals surface area contributed by atoms with Gasteiger partial charge in [0.1, 0.15) is 0 Å². The Hall–Kier alpha value is -1.72. The van der Waals surface area contributed by atoms with E-state index in [9.17, 15) is 22.8 Å². The van der Waals surface area contributed by atoms with E-state index in [0.717, 1.165) is 4.90 Å². The molecule has 0 fully saturated rings. The molecule has 21 heavy (non-hydrogen) atoms. The number of hydrogen-bond acceptors (Lipinski definition) is 6. The van der Waals surface area contributed by atoms with Crippen LogP contribution in [0, 0.1) is 0 Å². The third kappa shape index (κ3) is 8.94. The lowest BCUT2D eigenvalue weighted by molar-refractivity contribution is -0.144. The van der Waals surface area contributed by atoms with Gasteiger partial charge in [0.05, 0.1) is 24.9 Å². The number of carboxylic acids is 2. The van der Waals surface area contributed by atoms with Gasteiger partial charge in [0.2, 0.25) is 5.91 Å². The van der Waals surface area contributed by atoms with Crippen LogP contribution in [0.25, 0.3) is 0 Å². The summed E-state index contributed by atoms with van der Waals surface area (Å²) in [5, 5.41) is 19.9. The Labute approximate surface area is 121 Å². The van der Waals surface area contributed by atoms with Crippen LogP contribution >= 0.6 is 0 Å². The van der Waals surface area contributed by atoms with E-state index in [-0.39, 0.29) is 6.54 Å². The Morgan fingerprint density at radius 2 is 1.62 bits per heavy atom. The van der Waals surface area contributed by atoms with Crippen LogP contribution in [0.1, 0.15) is 13.3 Å². The molecule has 11 heteroatoms. The van der Waals surface area contributed by atoms with Crippen LogP contribution in [0.15, 0.2) is 0 Å². The fourth-order valence-corrected chi connectivity index (χ4v) is 2.18. The monoisotopic (exact) mass is 326 g/mol. The van der Waals surface area contributed by atoms with Crippen LogP contribution in [-0.2, 0) is 24.5 Å². The number of rotatable bonds is 10. The SMILES string of the molecule is CCNC(=O)C(CCS(=O)(=O)O)N(CC(=O)O)CC(=O)O. The summed E-state index contributed by atoms with van der Waals surface area (Å²) in [5.41, 5.74) is 0. The van der Waals surface area contributed by atoms with Crippen molar-refractivity contribution >= 4 is 28.0 Å². The summed E-state index contributed by atoms with van der Waals surface area (Å²) in [7, 11) is -4.36. The van der Waals surface area contributed by atoms with Crippen LogP contribution < -0.4 is 5.32 Å². The second-order valence-electron chi connectivity index (χ2n) is 4.18. The average molecular weight is 326 g/mol. The van der Waals surface area contributed by atoms with Crippen LogP contribution in [0.4, 0.5) is 0 Å². The summed E-state index contributed by atoms with van der Waals surface area (Å²) < 4.78 is 30.2. The van der Waals surface area contributed by atoms with Crippen molar-refractivity contribution in [2.45, 2.75) is 19.4 Å². The van der Waals surface area contributed by atoms with Gasteiger partial charge in [-0.05, 0) is 13.3 Å². The Balaban J connectivity index is 5.20. The first-order valence-corrected chi connectivity index (χ1v) is 7.58. The molecule has 0 rings (SSSR count). The maximum Gasteiger partial charge on any atom is 0.317 e. The molecular weight excluding hydrogens is 308 g/mol. The summed E-state index contributed by atoms with van der Waals surface area (Å²) >= 11 is 0. The van der Waals surface area contributed by atoms with Gasteiger partial charge in [-0.25, -0.2) is 0 Å². The van der Waals surface area contributed by atoms with E-state index < -0.39 is 59.3 Å². The average Bonchev–Trinajstić information content (AvgIpc) is 2.25. The number of carbonyl (C=O) groups excluding carboxylic acids is 1. The summed E-state index contributed by atoms with van der Waals surface area (Å²) in [5.74, 6) is -4.22. The Bertz CT molecular complexity index is 473. The van der Waals surface area contributed by atoms with E-state index in [1.807, 2.05) is 0 Å². The first kappa shape index (κ1) is 19.3. The fraction of sp³-hybridized carbons (Fsp3) is 0.700. The molecule has 0 spiro atoms. The third-order valence-corrected chi connectivity index (χ3v) is 3.17. The first-order valence-electron chi connectivity index (χ1n) is 5.97. The molecule has 1 amide bonds.